The fraction of sp³-hybridized carbons (Fsp3) is 0.185. The van der Waals surface area contributed by atoms with Gasteiger partial charge in [-0.1, -0.05) is 23.7 Å². The van der Waals surface area contributed by atoms with E-state index in [0.717, 1.165) is 5.69 Å². The molecule has 2 aromatic carbocycles. The summed E-state index contributed by atoms with van der Waals surface area (Å²) in [5, 5.41) is 6.44. The lowest BCUT2D eigenvalue weighted by Crippen LogP contribution is -2.13. The minimum atomic E-state index is -2.81. The first-order valence-electron chi connectivity index (χ1n) is 12.8. The van der Waals surface area contributed by atoms with E-state index in [9.17, 15) is 4.79 Å². The number of halogens is 1. The van der Waals surface area contributed by atoms with E-state index in [1.165, 1.54) is 18.5 Å². The highest BCUT2D eigenvalue weighted by molar-refractivity contribution is 6.32. The Kier molecular flexibility index (Phi) is 7.24. The van der Waals surface area contributed by atoms with Gasteiger partial charge in [0, 0.05) is 24.5 Å². The van der Waals surface area contributed by atoms with Crippen molar-refractivity contribution in [3.8, 4) is 11.5 Å². The molecule has 0 saturated carbocycles. The van der Waals surface area contributed by atoms with Crippen LogP contribution in [0.2, 0.25) is 5.02 Å². The summed E-state index contributed by atoms with van der Waals surface area (Å²) in [5.41, 5.74) is 1.86. The van der Waals surface area contributed by atoms with E-state index in [2.05, 4.69) is 25.6 Å². The van der Waals surface area contributed by atoms with Gasteiger partial charge >= 0.3 is 0 Å². The van der Waals surface area contributed by atoms with Gasteiger partial charge in [-0.3, -0.25) is 9.78 Å². The van der Waals surface area contributed by atoms with Crippen LogP contribution in [0.15, 0.2) is 73.2 Å². The number of carbonyl (C=O) groups is 1. The molecule has 0 radical (unpaired) electrons. The van der Waals surface area contributed by atoms with Crippen molar-refractivity contribution in [3.05, 3.63) is 83.9 Å². The molecule has 0 atom stereocenters. The maximum absolute atomic E-state index is 12.5. The van der Waals surface area contributed by atoms with Gasteiger partial charge in [0.1, 0.15) is 24.5 Å². The van der Waals surface area contributed by atoms with Gasteiger partial charge in [0.2, 0.25) is 5.91 Å². The standard InChI is InChI=1S/C27H27ClN6O3/c1-34(2)14-6-8-24(35)33-22-11-10-21-25(26(22)36-3)27(31-17-30-21)32-18-9-12-23(20(28)15-18)37-16-19-7-4-5-13-29-19/h4-13,15,17H,14,16H2,1-3H3,(H,33,35)(H,30,31,32)/b8-6+/i3D3. The highest BCUT2D eigenvalue weighted by Crippen LogP contribution is 2.38. The van der Waals surface area contributed by atoms with Crippen molar-refractivity contribution in [3.63, 3.8) is 0 Å². The smallest absolute Gasteiger partial charge is 0.248 e. The summed E-state index contributed by atoms with van der Waals surface area (Å²) in [4.78, 5) is 27.2. The number of hydrogen-bond acceptors (Lipinski definition) is 8. The van der Waals surface area contributed by atoms with Crippen molar-refractivity contribution < 1.29 is 18.4 Å². The van der Waals surface area contributed by atoms with Gasteiger partial charge in [0.05, 0.1) is 38.5 Å². The van der Waals surface area contributed by atoms with Crippen molar-refractivity contribution in [1.82, 2.24) is 19.9 Å². The highest BCUT2D eigenvalue weighted by atomic mass is 35.5. The molecule has 190 valence electrons. The third-order valence-corrected chi connectivity index (χ3v) is 5.45. The molecule has 0 aliphatic rings. The summed E-state index contributed by atoms with van der Waals surface area (Å²) in [5.74, 6) is 0.165. The molecule has 0 bridgehead atoms. The average Bonchev–Trinajstić information content (AvgIpc) is 2.89. The minimum Gasteiger partial charge on any atom is -0.494 e. The van der Waals surface area contributed by atoms with Gasteiger partial charge < -0.3 is 25.0 Å². The Balaban J connectivity index is 1.64. The highest BCUT2D eigenvalue weighted by Gasteiger charge is 2.16. The Bertz CT molecular complexity index is 1520. The Morgan fingerprint density at radius 3 is 2.81 bits per heavy atom. The molecule has 0 fully saturated rings. The molecule has 0 spiro atoms. The van der Waals surface area contributed by atoms with Gasteiger partial charge in [-0.15, -0.1) is 0 Å². The van der Waals surface area contributed by atoms with Crippen molar-refractivity contribution in [2.45, 2.75) is 6.61 Å². The zero-order valence-corrected chi connectivity index (χ0v) is 21.0. The third kappa shape index (κ3) is 6.72. The molecular weight excluding hydrogens is 492 g/mol. The Labute approximate surface area is 224 Å². The number of carbonyl (C=O) groups excluding carboxylic acids is 1. The summed E-state index contributed by atoms with van der Waals surface area (Å²) in [7, 11) is 0.939. The monoisotopic (exact) mass is 521 g/mol. The summed E-state index contributed by atoms with van der Waals surface area (Å²) >= 11 is 6.47. The second-order valence-electron chi connectivity index (χ2n) is 8.19. The fourth-order valence-electron chi connectivity index (χ4n) is 3.43. The number of rotatable bonds is 10. The predicted octanol–water partition coefficient (Wildman–Crippen LogP) is 5.07. The Morgan fingerprint density at radius 1 is 1.16 bits per heavy atom. The number of benzene rings is 2. The molecular formula is C27H27ClN6O3. The number of ether oxygens (including phenoxy) is 2. The average molecular weight is 522 g/mol. The Hall–Kier alpha value is -4.21. The van der Waals surface area contributed by atoms with Crippen molar-refractivity contribution in [2.75, 3.05) is 38.3 Å². The second-order valence-corrected chi connectivity index (χ2v) is 8.60. The van der Waals surface area contributed by atoms with Gasteiger partial charge in [0.25, 0.3) is 0 Å². The van der Waals surface area contributed by atoms with E-state index in [0.29, 0.717) is 28.5 Å². The number of anilines is 3. The normalized spacial score (nSPS) is 12.7. The van der Waals surface area contributed by atoms with E-state index in [1.807, 2.05) is 37.2 Å². The maximum atomic E-state index is 12.5. The number of aromatic nitrogens is 3. The SMILES string of the molecule is [2H]C([2H])([2H])Oc1c(NC(=O)/C=C/CN(C)C)ccc2ncnc(Nc3ccc(OCc4ccccn4)c(Cl)c3)c12. The van der Waals surface area contributed by atoms with Crippen molar-refractivity contribution in [1.29, 1.82) is 0 Å². The first-order valence-corrected chi connectivity index (χ1v) is 11.6. The topological polar surface area (TPSA) is 102 Å². The van der Waals surface area contributed by atoms with Crippen LogP contribution in [0.5, 0.6) is 11.5 Å². The fourth-order valence-corrected chi connectivity index (χ4v) is 3.67. The van der Waals surface area contributed by atoms with E-state index >= 15 is 0 Å². The molecule has 2 aromatic heterocycles. The molecule has 0 aliphatic carbocycles. The zero-order chi connectivity index (χ0) is 28.7. The quantitative estimate of drug-likeness (QED) is 0.279. The number of nitrogens with zero attached hydrogens (tertiary/aromatic N) is 4. The first kappa shape index (κ1) is 22.0. The number of fused-ring (bicyclic) bond motifs is 1. The molecule has 0 saturated heterocycles. The predicted molar refractivity (Wildman–Crippen MR) is 146 cm³/mol. The van der Waals surface area contributed by atoms with Crippen LogP contribution in [0.3, 0.4) is 0 Å². The lowest BCUT2D eigenvalue weighted by molar-refractivity contribution is -0.111. The molecule has 10 heteroatoms. The molecule has 37 heavy (non-hydrogen) atoms. The summed E-state index contributed by atoms with van der Waals surface area (Å²) in [6.07, 6.45) is 6.06. The van der Waals surface area contributed by atoms with Gasteiger partial charge in [-0.2, -0.15) is 0 Å². The summed E-state index contributed by atoms with van der Waals surface area (Å²) in [6, 6.07) is 13.8. The van der Waals surface area contributed by atoms with Crippen LogP contribution in [0, 0.1) is 0 Å². The molecule has 4 rings (SSSR count). The van der Waals surface area contributed by atoms with Crippen LogP contribution in [-0.4, -0.2) is 53.4 Å². The molecule has 4 aromatic rings. The van der Waals surface area contributed by atoms with E-state index in [1.54, 1.807) is 36.5 Å². The molecule has 1 amide bonds. The zero-order valence-electron chi connectivity index (χ0n) is 23.2. The van der Waals surface area contributed by atoms with Crippen LogP contribution in [-0.2, 0) is 11.4 Å². The van der Waals surface area contributed by atoms with Crippen LogP contribution in [0.4, 0.5) is 17.2 Å². The molecule has 2 heterocycles. The van der Waals surface area contributed by atoms with Crippen LogP contribution >= 0.6 is 11.6 Å². The number of methoxy groups -OCH3 is 1. The Morgan fingerprint density at radius 2 is 2.05 bits per heavy atom. The van der Waals surface area contributed by atoms with Gasteiger partial charge in [-0.25, -0.2) is 9.97 Å². The van der Waals surface area contributed by atoms with Crippen LogP contribution in [0.1, 0.15) is 9.81 Å². The third-order valence-electron chi connectivity index (χ3n) is 5.15. The van der Waals surface area contributed by atoms with Crippen molar-refractivity contribution >= 4 is 45.6 Å². The minimum absolute atomic E-state index is 0.101. The number of hydrogen-bond donors (Lipinski definition) is 2. The van der Waals surface area contributed by atoms with Crippen molar-refractivity contribution in [2.24, 2.45) is 0 Å². The van der Waals surface area contributed by atoms with Gasteiger partial charge in [0.15, 0.2) is 5.75 Å². The number of amides is 1. The first-order chi connectivity index (χ1) is 19.1. The summed E-state index contributed by atoms with van der Waals surface area (Å²) in [6.45, 7) is 0.805. The number of likely N-dealkylation sites (N-methyl/N-ethyl adjacent to an activating group) is 1. The molecule has 2 N–H and O–H groups in total. The van der Waals surface area contributed by atoms with E-state index in [-0.39, 0.29) is 29.2 Å². The number of pyridine rings is 1. The van der Waals surface area contributed by atoms with E-state index in [4.69, 9.17) is 25.2 Å². The lowest BCUT2D eigenvalue weighted by Gasteiger charge is -2.15. The van der Waals surface area contributed by atoms with Gasteiger partial charge in [-0.05, 0) is 56.6 Å². The number of nitrogens with one attached hydrogen (secondary N) is 2. The lowest BCUT2D eigenvalue weighted by atomic mass is 10.1. The maximum Gasteiger partial charge on any atom is 0.248 e. The van der Waals surface area contributed by atoms with E-state index < -0.39 is 12.9 Å². The molecule has 0 aliphatic heterocycles. The second kappa shape index (κ2) is 12.2. The molecule has 9 nitrogen and oxygen atoms in total. The van der Waals surface area contributed by atoms with Crippen LogP contribution in [0.25, 0.3) is 10.9 Å². The molecule has 0 unspecified atom stereocenters. The van der Waals surface area contributed by atoms with Crippen LogP contribution < -0.4 is 20.1 Å². The summed E-state index contributed by atoms with van der Waals surface area (Å²) < 4.78 is 34.3. The largest absolute Gasteiger partial charge is 0.494 e.